The van der Waals surface area contributed by atoms with Crippen LogP contribution in [-0.2, 0) is 10.3 Å². The van der Waals surface area contributed by atoms with Crippen molar-refractivity contribution >= 4 is 5.78 Å². The smallest absolute Gasteiger partial charge is 0.172 e. The summed E-state index contributed by atoms with van der Waals surface area (Å²) in [6, 6.07) is 7.77. The lowest BCUT2D eigenvalue weighted by atomic mass is 9.80. The van der Waals surface area contributed by atoms with E-state index < -0.39 is 11.5 Å². The third-order valence-electron chi connectivity index (χ3n) is 4.77. The molecule has 6 heteroatoms. The highest BCUT2D eigenvalue weighted by Crippen LogP contribution is 2.44. The van der Waals surface area contributed by atoms with Gasteiger partial charge in [0, 0.05) is 5.56 Å². The Morgan fingerprint density at radius 2 is 1.73 bits per heavy atom. The van der Waals surface area contributed by atoms with E-state index in [2.05, 4.69) is 0 Å². The Balaban J connectivity index is 2.08. The molecule has 1 aliphatic rings. The van der Waals surface area contributed by atoms with Crippen molar-refractivity contribution in [2.45, 2.75) is 25.4 Å². The molecule has 1 aliphatic heterocycles. The summed E-state index contributed by atoms with van der Waals surface area (Å²) in [6.45, 7) is 3.99. The molecule has 2 aromatic rings. The molecule has 6 nitrogen and oxygen atoms in total. The summed E-state index contributed by atoms with van der Waals surface area (Å²) in [5.41, 5.74) is 1.27. The molecule has 0 unspecified atom stereocenters. The van der Waals surface area contributed by atoms with Crippen LogP contribution in [0.25, 0.3) is 0 Å². The Labute approximate surface area is 151 Å². The molecule has 1 heterocycles. The molecule has 0 spiro atoms. The van der Waals surface area contributed by atoms with Gasteiger partial charge < -0.3 is 24.4 Å². The molecule has 2 N–H and O–H groups in total. The summed E-state index contributed by atoms with van der Waals surface area (Å²) in [5, 5.41) is 19.9. The van der Waals surface area contributed by atoms with Crippen LogP contribution in [0.5, 0.6) is 23.0 Å². The van der Waals surface area contributed by atoms with Gasteiger partial charge in [-0.15, -0.1) is 0 Å². The molecule has 0 aromatic heterocycles. The maximum absolute atomic E-state index is 13.1. The third-order valence-corrected chi connectivity index (χ3v) is 4.77. The number of fused-ring (bicyclic) bond motifs is 1. The maximum Gasteiger partial charge on any atom is 0.172 e. The van der Waals surface area contributed by atoms with Crippen molar-refractivity contribution in [1.82, 2.24) is 0 Å². The number of ketones is 1. The summed E-state index contributed by atoms with van der Waals surface area (Å²) >= 11 is 0. The summed E-state index contributed by atoms with van der Waals surface area (Å²) in [5.74, 6) is -0.201. The number of ether oxygens (including phenoxy) is 3. The zero-order chi connectivity index (χ0) is 19.1. The van der Waals surface area contributed by atoms with Gasteiger partial charge >= 0.3 is 0 Å². The fourth-order valence-corrected chi connectivity index (χ4v) is 3.27. The number of Topliss-reactive ketones (excluding diaryl/α,β-unsaturated/α-hetero) is 1. The first-order valence-electron chi connectivity index (χ1n) is 8.25. The topological polar surface area (TPSA) is 85.2 Å². The van der Waals surface area contributed by atoms with Crippen LogP contribution in [0, 0.1) is 0 Å². The van der Waals surface area contributed by atoms with Crippen molar-refractivity contribution < 1.29 is 29.2 Å². The van der Waals surface area contributed by atoms with E-state index >= 15 is 0 Å². The van der Waals surface area contributed by atoms with E-state index in [1.165, 1.54) is 26.4 Å². The number of methoxy groups -OCH3 is 2. The highest BCUT2D eigenvalue weighted by Gasteiger charge is 2.38. The number of phenolic OH excluding ortho intramolecular Hbond substituents is 2. The Bertz CT molecular complexity index is 856. The minimum Gasteiger partial charge on any atom is -0.504 e. The molecular formula is C20H22O6. The van der Waals surface area contributed by atoms with Gasteiger partial charge in [0.15, 0.2) is 28.8 Å². The second kappa shape index (κ2) is 6.53. The zero-order valence-electron chi connectivity index (χ0n) is 15.2. The van der Waals surface area contributed by atoms with Crippen LogP contribution in [0.1, 0.15) is 41.3 Å². The minimum atomic E-state index is -0.636. The number of carbonyl (C=O) groups is 1. The Hall–Kier alpha value is -2.73. The first-order valence-corrected chi connectivity index (χ1v) is 8.25. The number of rotatable bonds is 4. The van der Waals surface area contributed by atoms with Crippen LogP contribution in [0.3, 0.4) is 0 Å². The average molecular weight is 358 g/mol. The third kappa shape index (κ3) is 2.97. The number of aromatic hydroxyl groups is 2. The van der Waals surface area contributed by atoms with Crippen LogP contribution in [0.15, 0.2) is 30.3 Å². The quantitative estimate of drug-likeness (QED) is 0.816. The predicted molar refractivity (Wildman–Crippen MR) is 95.4 cm³/mol. The Morgan fingerprint density at radius 3 is 2.38 bits per heavy atom. The van der Waals surface area contributed by atoms with E-state index in [0.717, 1.165) is 11.1 Å². The van der Waals surface area contributed by atoms with Crippen molar-refractivity contribution in [2.24, 2.45) is 0 Å². The van der Waals surface area contributed by atoms with Gasteiger partial charge in [-0.3, -0.25) is 4.79 Å². The van der Waals surface area contributed by atoms with Crippen LogP contribution >= 0.6 is 0 Å². The van der Waals surface area contributed by atoms with Crippen molar-refractivity contribution in [2.75, 3.05) is 20.8 Å². The van der Waals surface area contributed by atoms with Crippen molar-refractivity contribution in [1.29, 1.82) is 0 Å². The fraction of sp³-hybridized carbons (Fsp3) is 0.350. The fourth-order valence-electron chi connectivity index (χ4n) is 3.27. The molecule has 26 heavy (non-hydrogen) atoms. The first-order chi connectivity index (χ1) is 12.3. The molecule has 0 fully saturated rings. The maximum atomic E-state index is 13.1. The summed E-state index contributed by atoms with van der Waals surface area (Å²) in [7, 11) is 2.89. The van der Waals surface area contributed by atoms with Crippen LogP contribution < -0.4 is 9.47 Å². The van der Waals surface area contributed by atoms with Gasteiger partial charge in [0.25, 0.3) is 0 Å². The number of hydrogen-bond donors (Lipinski definition) is 2. The van der Waals surface area contributed by atoms with Gasteiger partial charge in [0.05, 0.1) is 32.3 Å². The Kier molecular flexibility index (Phi) is 4.54. The summed E-state index contributed by atoms with van der Waals surface area (Å²) < 4.78 is 16.2. The molecule has 0 aliphatic carbocycles. The molecular weight excluding hydrogens is 336 g/mol. The lowest BCUT2D eigenvalue weighted by Gasteiger charge is -2.37. The molecule has 1 atom stereocenters. The molecule has 0 saturated carbocycles. The van der Waals surface area contributed by atoms with Gasteiger partial charge in [0.2, 0.25) is 0 Å². The molecule has 0 radical (unpaired) electrons. The van der Waals surface area contributed by atoms with Crippen molar-refractivity contribution in [3.63, 3.8) is 0 Å². The van der Waals surface area contributed by atoms with Gasteiger partial charge in [-0.2, -0.15) is 0 Å². The number of carbonyl (C=O) groups excluding carboxylic acids is 1. The molecule has 138 valence electrons. The second-order valence-corrected chi connectivity index (χ2v) is 6.74. The van der Waals surface area contributed by atoms with E-state index in [1.54, 1.807) is 18.2 Å². The summed E-state index contributed by atoms with van der Waals surface area (Å²) in [4.78, 5) is 13.1. The van der Waals surface area contributed by atoms with Crippen molar-refractivity contribution in [3.8, 4) is 23.0 Å². The van der Waals surface area contributed by atoms with E-state index in [0.29, 0.717) is 11.3 Å². The highest BCUT2D eigenvalue weighted by atomic mass is 16.5. The largest absolute Gasteiger partial charge is 0.504 e. The first kappa shape index (κ1) is 18.1. The zero-order valence-corrected chi connectivity index (χ0v) is 15.2. The lowest BCUT2D eigenvalue weighted by molar-refractivity contribution is -0.0393. The van der Waals surface area contributed by atoms with E-state index in [4.69, 9.17) is 14.2 Å². The van der Waals surface area contributed by atoms with Crippen LogP contribution in [0.4, 0.5) is 0 Å². The second-order valence-electron chi connectivity index (χ2n) is 6.74. The van der Waals surface area contributed by atoms with E-state index in [9.17, 15) is 15.0 Å². The molecule has 0 saturated heterocycles. The van der Waals surface area contributed by atoms with Crippen LogP contribution in [0.2, 0.25) is 0 Å². The SMILES string of the molecule is COc1cc(C(=O)[C@@H]2COC(C)(C)c3cc(O)c(OC)cc32)ccc1O. The lowest BCUT2D eigenvalue weighted by Crippen LogP contribution is -2.35. The van der Waals surface area contributed by atoms with E-state index in [-0.39, 0.29) is 29.6 Å². The standard InChI is InChI=1S/C20H22O6/c1-20(2)14-9-16(22)18(25-4)8-12(14)13(10-26-20)19(23)11-5-6-15(21)17(7-11)24-3/h5-9,13,21-22H,10H2,1-4H3/t13-/m1/s1. The number of hydrogen-bond acceptors (Lipinski definition) is 6. The highest BCUT2D eigenvalue weighted by molar-refractivity contribution is 6.02. The molecule has 3 rings (SSSR count). The van der Waals surface area contributed by atoms with Gasteiger partial charge in [0.1, 0.15) is 0 Å². The number of phenols is 2. The summed E-state index contributed by atoms with van der Waals surface area (Å²) in [6.07, 6.45) is 0. The normalized spacial score (nSPS) is 18.1. The van der Waals surface area contributed by atoms with Crippen LogP contribution in [-0.4, -0.2) is 36.8 Å². The van der Waals surface area contributed by atoms with E-state index in [1.807, 2.05) is 13.8 Å². The van der Waals surface area contributed by atoms with Gasteiger partial charge in [-0.05, 0) is 55.3 Å². The Morgan fingerprint density at radius 1 is 1.08 bits per heavy atom. The average Bonchev–Trinajstić information content (AvgIpc) is 2.62. The minimum absolute atomic E-state index is 0.00215. The van der Waals surface area contributed by atoms with Gasteiger partial charge in [-0.1, -0.05) is 0 Å². The number of benzene rings is 2. The predicted octanol–water partition coefficient (Wildman–Crippen LogP) is 3.35. The monoisotopic (exact) mass is 358 g/mol. The molecule has 2 aromatic carbocycles. The van der Waals surface area contributed by atoms with Gasteiger partial charge in [-0.25, -0.2) is 0 Å². The molecule has 0 bridgehead atoms. The van der Waals surface area contributed by atoms with Crippen molar-refractivity contribution in [3.05, 3.63) is 47.0 Å². The molecule has 0 amide bonds.